The fraction of sp³-hybridized carbons (Fsp3) is 0.400. The normalized spacial score (nSPS) is 16.4. The van der Waals surface area contributed by atoms with Crippen LogP contribution in [0, 0.1) is 11.6 Å². The van der Waals surface area contributed by atoms with Gasteiger partial charge in [0.2, 0.25) is 11.8 Å². The lowest BCUT2D eigenvalue weighted by Crippen LogP contribution is -2.42. The molecule has 3 rings (SSSR count). The molecule has 1 aliphatic rings. The van der Waals surface area contributed by atoms with Gasteiger partial charge in [0.05, 0.1) is 12.0 Å². The summed E-state index contributed by atoms with van der Waals surface area (Å²) in [5.74, 6) is -1.52. The minimum absolute atomic E-state index is 0.0164. The molecule has 2 aromatic rings. The number of amides is 1. The van der Waals surface area contributed by atoms with Gasteiger partial charge in [-0.25, -0.2) is 8.78 Å². The molecule has 0 saturated heterocycles. The third kappa shape index (κ3) is 3.01. The average molecular weight is 322 g/mol. The predicted molar refractivity (Wildman–Crippen MR) is 77.1 cm³/mol. The van der Waals surface area contributed by atoms with Gasteiger partial charge in [0.15, 0.2) is 0 Å². The maximum Gasteiger partial charge on any atom is 0.312 e. The van der Waals surface area contributed by atoms with Crippen molar-refractivity contribution in [3.8, 4) is 0 Å². The Kier molecular flexibility index (Phi) is 3.97. The van der Waals surface area contributed by atoms with Crippen LogP contribution in [0.4, 0.5) is 14.8 Å². The smallest absolute Gasteiger partial charge is 0.312 e. The van der Waals surface area contributed by atoms with Crippen LogP contribution in [0.3, 0.4) is 0 Å². The number of nitrogens with zero attached hydrogens (tertiary/aromatic N) is 2. The van der Waals surface area contributed by atoms with Crippen LogP contribution in [0.25, 0.3) is 0 Å². The van der Waals surface area contributed by atoms with E-state index in [1.165, 1.54) is 12.1 Å². The highest BCUT2D eigenvalue weighted by Gasteiger charge is 2.43. The van der Waals surface area contributed by atoms with Gasteiger partial charge in [-0.2, -0.15) is 0 Å². The number of nitrogens with two attached hydrogens (primary N) is 1. The van der Waals surface area contributed by atoms with Crippen LogP contribution in [-0.2, 0) is 16.8 Å². The highest BCUT2D eigenvalue weighted by Crippen LogP contribution is 2.41. The van der Waals surface area contributed by atoms with Gasteiger partial charge in [-0.1, -0.05) is 17.9 Å². The molecule has 6 nitrogen and oxygen atoms in total. The number of carbonyl (C=O) groups excluding carboxylic acids is 1. The topological polar surface area (TPSA) is 94.0 Å². The fourth-order valence-corrected chi connectivity index (χ4v) is 3.12. The molecular formula is C15H16F2N4O2. The first-order valence-electron chi connectivity index (χ1n) is 7.32. The molecular weight excluding hydrogens is 306 g/mol. The summed E-state index contributed by atoms with van der Waals surface area (Å²) in [4.78, 5) is 12.7. The molecule has 1 amide bonds. The number of halogens is 2. The molecule has 0 bridgehead atoms. The number of benzene rings is 1. The molecule has 0 atom stereocenters. The minimum atomic E-state index is -0.936. The number of aromatic nitrogens is 2. The van der Waals surface area contributed by atoms with Crippen molar-refractivity contribution in [3.63, 3.8) is 0 Å². The number of rotatable bonds is 4. The van der Waals surface area contributed by atoms with Crippen molar-refractivity contribution < 1.29 is 18.0 Å². The van der Waals surface area contributed by atoms with Crippen molar-refractivity contribution in [1.82, 2.24) is 15.5 Å². The maximum atomic E-state index is 13.5. The van der Waals surface area contributed by atoms with Crippen molar-refractivity contribution in [2.24, 2.45) is 0 Å². The van der Waals surface area contributed by atoms with E-state index in [4.69, 9.17) is 10.2 Å². The van der Waals surface area contributed by atoms with Crippen molar-refractivity contribution in [1.29, 1.82) is 0 Å². The molecule has 1 heterocycles. The molecule has 8 heteroatoms. The minimum Gasteiger partial charge on any atom is -0.406 e. The SMILES string of the molecule is Nc1nnc(CNC(=O)C2(c3cc(F)cc(F)c3)CCCC2)o1. The second-order valence-electron chi connectivity index (χ2n) is 5.66. The third-order valence-electron chi connectivity index (χ3n) is 4.19. The lowest BCUT2D eigenvalue weighted by Gasteiger charge is -2.28. The largest absolute Gasteiger partial charge is 0.406 e. The lowest BCUT2D eigenvalue weighted by molar-refractivity contribution is -0.127. The first-order chi connectivity index (χ1) is 11.0. The first kappa shape index (κ1) is 15.4. The van der Waals surface area contributed by atoms with E-state index in [1.54, 1.807) is 0 Å². The van der Waals surface area contributed by atoms with Gasteiger partial charge in [0.25, 0.3) is 0 Å². The van der Waals surface area contributed by atoms with E-state index < -0.39 is 17.0 Å². The van der Waals surface area contributed by atoms with Gasteiger partial charge >= 0.3 is 6.01 Å². The zero-order valence-electron chi connectivity index (χ0n) is 12.3. The average Bonchev–Trinajstić information content (AvgIpc) is 3.13. The lowest BCUT2D eigenvalue weighted by atomic mass is 9.78. The van der Waals surface area contributed by atoms with Crippen molar-refractivity contribution >= 4 is 11.9 Å². The third-order valence-corrected chi connectivity index (χ3v) is 4.19. The molecule has 1 fully saturated rings. The Bertz CT molecular complexity index is 706. The summed E-state index contributed by atoms with van der Waals surface area (Å²) in [7, 11) is 0. The summed E-state index contributed by atoms with van der Waals surface area (Å²) in [5, 5.41) is 9.86. The number of nitrogens with one attached hydrogen (secondary N) is 1. The van der Waals surface area contributed by atoms with Crippen LogP contribution >= 0.6 is 0 Å². The van der Waals surface area contributed by atoms with Crippen molar-refractivity contribution in [3.05, 3.63) is 41.3 Å². The van der Waals surface area contributed by atoms with E-state index in [1.807, 2.05) is 0 Å². The van der Waals surface area contributed by atoms with Crippen LogP contribution in [0.15, 0.2) is 22.6 Å². The van der Waals surface area contributed by atoms with Gasteiger partial charge in [-0.05, 0) is 30.5 Å². The van der Waals surface area contributed by atoms with Crippen molar-refractivity contribution in [2.75, 3.05) is 5.73 Å². The number of nitrogen functional groups attached to an aromatic ring is 1. The highest BCUT2D eigenvalue weighted by molar-refractivity contribution is 5.88. The molecule has 1 saturated carbocycles. The standard InChI is InChI=1S/C15H16F2N4O2/c16-10-5-9(6-11(17)7-10)15(3-1-2-4-15)13(22)19-8-12-20-21-14(18)23-12/h5-7H,1-4,8H2,(H2,18,21)(H,19,22). The van der Waals surface area contributed by atoms with E-state index >= 15 is 0 Å². The Morgan fingerprint density at radius 2 is 1.87 bits per heavy atom. The molecule has 0 aliphatic heterocycles. The van der Waals surface area contributed by atoms with Crippen LogP contribution < -0.4 is 11.1 Å². The van der Waals surface area contributed by atoms with Crippen LogP contribution in [0.2, 0.25) is 0 Å². The van der Waals surface area contributed by atoms with E-state index in [9.17, 15) is 13.6 Å². The van der Waals surface area contributed by atoms with Crippen molar-refractivity contribution in [2.45, 2.75) is 37.6 Å². The van der Waals surface area contributed by atoms with Crippen LogP contribution in [-0.4, -0.2) is 16.1 Å². The summed E-state index contributed by atoms with van der Waals surface area (Å²) < 4.78 is 32.1. The van der Waals surface area contributed by atoms with Gasteiger partial charge < -0.3 is 15.5 Å². The molecule has 1 aromatic carbocycles. The zero-order chi connectivity index (χ0) is 16.4. The Morgan fingerprint density at radius 3 is 2.43 bits per heavy atom. The molecule has 0 spiro atoms. The van der Waals surface area contributed by atoms with Gasteiger partial charge in [0.1, 0.15) is 11.6 Å². The summed E-state index contributed by atoms with van der Waals surface area (Å²) in [5.41, 5.74) is 4.74. The van der Waals surface area contributed by atoms with E-state index in [0.29, 0.717) is 18.4 Å². The van der Waals surface area contributed by atoms with E-state index in [2.05, 4.69) is 15.5 Å². The zero-order valence-corrected chi connectivity index (χ0v) is 12.3. The van der Waals surface area contributed by atoms with E-state index in [-0.39, 0.29) is 24.4 Å². The second kappa shape index (κ2) is 5.94. The Labute approximate surface area is 131 Å². The molecule has 0 unspecified atom stereocenters. The van der Waals surface area contributed by atoms with Gasteiger partial charge in [-0.15, -0.1) is 5.10 Å². The summed E-state index contributed by atoms with van der Waals surface area (Å²) in [6.07, 6.45) is 2.71. The number of hydrogen-bond acceptors (Lipinski definition) is 5. The number of hydrogen-bond donors (Lipinski definition) is 2. The monoisotopic (exact) mass is 322 g/mol. The number of carbonyl (C=O) groups is 1. The van der Waals surface area contributed by atoms with Gasteiger partial charge in [-0.3, -0.25) is 4.79 Å². The molecule has 23 heavy (non-hydrogen) atoms. The molecule has 1 aliphatic carbocycles. The first-order valence-corrected chi connectivity index (χ1v) is 7.32. The van der Waals surface area contributed by atoms with E-state index in [0.717, 1.165) is 18.9 Å². The predicted octanol–water partition coefficient (Wildman–Crippen LogP) is 2.06. The Morgan fingerprint density at radius 1 is 1.22 bits per heavy atom. The quantitative estimate of drug-likeness (QED) is 0.898. The van der Waals surface area contributed by atoms with Crippen LogP contribution in [0.1, 0.15) is 37.1 Å². The Balaban J connectivity index is 1.83. The molecule has 122 valence electrons. The maximum absolute atomic E-state index is 13.5. The summed E-state index contributed by atoms with van der Waals surface area (Å²) in [6, 6.07) is 3.15. The summed E-state index contributed by atoms with van der Waals surface area (Å²) in [6.45, 7) is 0.0164. The summed E-state index contributed by atoms with van der Waals surface area (Å²) >= 11 is 0. The molecule has 3 N–H and O–H groups in total. The Hall–Kier alpha value is -2.51. The number of anilines is 1. The second-order valence-corrected chi connectivity index (χ2v) is 5.66. The van der Waals surface area contributed by atoms with Crippen LogP contribution in [0.5, 0.6) is 0 Å². The highest BCUT2D eigenvalue weighted by atomic mass is 19.1. The molecule has 0 radical (unpaired) electrons. The van der Waals surface area contributed by atoms with Gasteiger partial charge in [0, 0.05) is 6.07 Å². The fourth-order valence-electron chi connectivity index (χ4n) is 3.12. The molecule has 1 aromatic heterocycles.